The average molecular weight is 413 g/mol. The molecule has 0 aromatic heterocycles. The van der Waals surface area contributed by atoms with Gasteiger partial charge in [-0.05, 0) is 55.0 Å². The normalized spacial score (nSPS) is 15.9. The van der Waals surface area contributed by atoms with Gasteiger partial charge in [-0.15, -0.1) is 0 Å². The Balaban J connectivity index is 1.51. The second-order valence-electron chi connectivity index (χ2n) is 7.96. The van der Waals surface area contributed by atoms with Crippen LogP contribution in [0.2, 0.25) is 0 Å². The first-order valence-electron chi connectivity index (χ1n) is 10.8. The van der Waals surface area contributed by atoms with Gasteiger partial charge in [-0.2, -0.15) is 0 Å². The minimum Gasteiger partial charge on any atom is -0.393 e. The third kappa shape index (κ3) is 6.82. The van der Waals surface area contributed by atoms with E-state index in [4.69, 9.17) is 0 Å². The van der Waals surface area contributed by atoms with E-state index in [2.05, 4.69) is 44.8 Å². The Kier molecular flexibility index (Phi) is 8.22. The summed E-state index contributed by atoms with van der Waals surface area (Å²) in [4.78, 5) is 6.96. The largest absolute Gasteiger partial charge is 0.393 e. The maximum Gasteiger partial charge on any atom is 0.191 e. The highest BCUT2D eigenvalue weighted by Crippen LogP contribution is 2.14. The molecule has 162 valence electrons. The maximum atomic E-state index is 13.7. The van der Waals surface area contributed by atoms with Crippen LogP contribution in [-0.2, 0) is 19.6 Å². The first-order valence-corrected chi connectivity index (χ1v) is 10.8. The summed E-state index contributed by atoms with van der Waals surface area (Å²) in [5.41, 5.74) is 3.97. The molecule has 0 amide bonds. The van der Waals surface area contributed by atoms with Crippen molar-refractivity contribution in [2.45, 2.75) is 52.4 Å². The Bertz CT molecular complexity index is 830. The van der Waals surface area contributed by atoms with Crippen molar-refractivity contribution in [3.05, 3.63) is 70.5 Å². The molecule has 1 aliphatic rings. The van der Waals surface area contributed by atoms with Gasteiger partial charge in [-0.25, -0.2) is 9.38 Å². The van der Waals surface area contributed by atoms with Crippen LogP contribution >= 0.6 is 0 Å². The zero-order chi connectivity index (χ0) is 21.3. The number of likely N-dealkylation sites (tertiary alicyclic amines) is 1. The van der Waals surface area contributed by atoms with E-state index < -0.39 is 0 Å². The van der Waals surface area contributed by atoms with Gasteiger partial charge in [-0.3, -0.25) is 4.90 Å². The molecule has 5 nitrogen and oxygen atoms in total. The van der Waals surface area contributed by atoms with Gasteiger partial charge in [0.15, 0.2) is 5.96 Å². The van der Waals surface area contributed by atoms with Crippen LogP contribution in [0, 0.1) is 12.7 Å². The Labute approximate surface area is 179 Å². The number of aliphatic hydroxyl groups is 1. The topological polar surface area (TPSA) is 59.9 Å². The third-order valence-corrected chi connectivity index (χ3v) is 5.45. The van der Waals surface area contributed by atoms with Crippen LogP contribution in [0.3, 0.4) is 0 Å². The molecule has 1 heterocycles. The lowest BCUT2D eigenvalue weighted by molar-refractivity contribution is 0.0792. The predicted octanol–water partition coefficient (Wildman–Crippen LogP) is 3.35. The molecule has 3 rings (SSSR count). The number of hydrogen-bond donors (Lipinski definition) is 3. The zero-order valence-corrected chi connectivity index (χ0v) is 18.0. The third-order valence-electron chi connectivity index (χ3n) is 5.45. The lowest BCUT2D eigenvalue weighted by atomic mass is 10.1. The summed E-state index contributed by atoms with van der Waals surface area (Å²) >= 11 is 0. The summed E-state index contributed by atoms with van der Waals surface area (Å²) in [6, 6.07) is 13.9. The standard InChI is InChI=1S/C24H33FN4O/c1-3-26-24(28-16-21-5-4-18(2)23(25)14-21)27-15-19-6-8-20(9-7-19)17-29-12-10-22(30)11-13-29/h4-9,14,22,30H,3,10-13,15-17H2,1-2H3,(H2,26,27,28). The highest BCUT2D eigenvalue weighted by Gasteiger charge is 2.16. The number of aliphatic hydroxyl groups excluding tert-OH is 1. The van der Waals surface area contributed by atoms with E-state index in [1.54, 1.807) is 19.1 Å². The van der Waals surface area contributed by atoms with Gasteiger partial charge >= 0.3 is 0 Å². The average Bonchev–Trinajstić information content (AvgIpc) is 2.75. The van der Waals surface area contributed by atoms with Crippen molar-refractivity contribution in [2.24, 2.45) is 4.99 Å². The summed E-state index contributed by atoms with van der Waals surface area (Å²) in [5.74, 6) is 0.524. The SMILES string of the molecule is CCNC(=NCc1ccc(C)c(F)c1)NCc1ccc(CN2CCC(O)CC2)cc1. The molecule has 2 aromatic rings. The van der Waals surface area contributed by atoms with Gasteiger partial charge in [0, 0.05) is 32.7 Å². The number of piperidine rings is 1. The lowest BCUT2D eigenvalue weighted by Gasteiger charge is -2.29. The van der Waals surface area contributed by atoms with Crippen LogP contribution in [0.4, 0.5) is 4.39 Å². The predicted molar refractivity (Wildman–Crippen MR) is 120 cm³/mol. The molecule has 3 N–H and O–H groups in total. The maximum absolute atomic E-state index is 13.7. The molecule has 0 bridgehead atoms. The molecule has 0 atom stereocenters. The fourth-order valence-corrected chi connectivity index (χ4v) is 3.53. The number of halogens is 1. The second kappa shape index (κ2) is 11.1. The Morgan fingerprint density at radius 3 is 2.40 bits per heavy atom. The minimum atomic E-state index is -0.193. The van der Waals surface area contributed by atoms with Gasteiger partial charge in [0.2, 0.25) is 0 Å². The molecule has 0 unspecified atom stereocenters. The second-order valence-corrected chi connectivity index (χ2v) is 7.96. The number of aryl methyl sites for hydroxylation is 1. The molecule has 0 radical (unpaired) electrons. The number of nitrogens with one attached hydrogen (secondary N) is 2. The van der Waals surface area contributed by atoms with Crippen molar-refractivity contribution in [2.75, 3.05) is 19.6 Å². The Morgan fingerprint density at radius 1 is 1.07 bits per heavy atom. The number of aliphatic imine (C=N–C) groups is 1. The first kappa shape index (κ1) is 22.2. The minimum absolute atomic E-state index is 0.132. The lowest BCUT2D eigenvalue weighted by Crippen LogP contribution is -2.36. The van der Waals surface area contributed by atoms with Gasteiger partial charge in [0.1, 0.15) is 5.82 Å². The van der Waals surface area contributed by atoms with E-state index in [-0.39, 0.29) is 11.9 Å². The summed E-state index contributed by atoms with van der Waals surface area (Å²) in [6.45, 7) is 8.48. The van der Waals surface area contributed by atoms with Crippen LogP contribution in [0.15, 0.2) is 47.5 Å². The number of hydrogen-bond acceptors (Lipinski definition) is 3. The quantitative estimate of drug-likeness (QED) is 0.482. The van der Waals surface area contributed by atoms with Crippen molar-refractivity contribution in [3.63, 3.8) is 0 Å². The fourth-order valence-electron chi connectivity index (χ4n) is 3.53. The molecule has 1 fully saturated rings. The van der Waals surface area contributed by atoms with E-state index in [1.807, 2.05) is 13.0 Å². The summed E-state index contributed by atoms with van der Waals surface area (Å²) in [6.07, 6.45) is 1.60. The number of rotatable bonds is 7. The summed E-state index contributed by atoms with van der Waals surface area (Å²) in [5, 5.41) is 16.2. The molecule has 30 heavy (non-hydrogen) atoms. The summed E-state index contributed by atoms with van der Waals surface area (Å²) < 4.78 is 13.7. The van der Waals surface area contributed by atoms with E-state index >= 15 is 0 Å². The van der Waals surface area contributed by atoms with Gasteiger partial charge in [0.05, 0.1) is 12.6 Å². The van der Waals surface area contributed by atoms with Crippen molar-refractivity contribution in [3.8, 4) is 0 Å². The van der Waals surface area contributed by atoms with Crippen molar-refractivity contribution < 1.29 is 9.50 Å². The molecule has 0 aliphatic carbocycles. The van der Waals surface area contributed by atoms with Crippen molar-refractivity contribution in [1.82, 2.24) is 15.5 Å². The molecular formula is C24H33FN4O. The molecule has 0 saturated carbocycles. The monoisotopic (exact) mass is 412 g/mol. The highest BCUT2D eigenvalue weighted by molar-refractivity contribution is 5.79. The smallest absolute Gasteiger partial charge is 0.191 e. The molecular weight excluding hydrogens is 379 g/mol. The van der Waals surface area contributed by atoms with Crippen molar-refractivity contribution in [1.29, 1.82) is 0 Å². The van der Waals surface area contributed by atoms with E-state index in [0.29, 0.717) is 18.7 Å². The summed E-state index contributed by atoms with van der Waals surface area (Å²) in [7, 11) is 0. The molecule has 2 aromatic carbocycles. The van der Waals surface area contributed by atoms with Crippen LogP contribution in [0.1, 0.15) is 42.0 Å². The molecule has 1 aliphatic heterocycles. The zero-order valence-electron chi connectivity index (χ0n) is 18.0. The Morgan fingerprint density at radius 2 is 1.73 bits per heavy atom. The van der Waals surface area contributed by atoms with Crippen LogP contribution in [-0.4, -0.2) is 41.7 Å². The number of guanidine groups is 1. The number of benzene rings is 2. The number of nitrogens with zero attached hydrogens (tertiary/aromatic N) is 2. The van der Waals surface area contributed by atoms with Crippen molar-refractivity contribution >= 4 is 5.96 Å². The molecule has 6 heteroatoms. The van der Waals surface area contributed by atoms with Gasteiger partial charge in [-0.1, -0.05) is 36.4 Å². The fraction of sp³-hybridized carbons (Fsp3) is 0.458. The van der Waals surface area contributed by atoms with Gasteiger partial charge < -0.3 is 15.7 Å². The van der Waals surface area contributed by atoms with Crippen LogP contribution < -0.4 is 10.6 Å². The van der Waals surface area contributed by atoms with E-state index in [9.17, 15) is 9.50 Å². The highest BCUT2D eigenvalue weighted by atomic mass is 19.1. The Hall–Kier alpha value is -2.44. The van der Waals surface area contributed by atoms with Crippen LogP contribution in [0.5, 0.6) is 0 Å². The van der Waals surface area contributed by atoms with E-state index in [0.717, 1.165) is 50.5 Å². The molecule has 0 spiro atoms. The molecule has 1 saturated heterocycles. The van der Waals surface area contributed by atoms with E-state index in [1.165, 1.54) is 11.1 Å². The van der Waals surface area contributed by atoms with Gasteiger partial charge in [0.25, 0.3) is 0 Å². The first-order chi connectivity index (χ1) is 14.5. The van der Waals surface area contributed by atoms with Crippen LogP contribution in [0.25, 0.3) is 0 Å².